The second-order valence-electron chi connectivity index (χ2n) is 5.36. The van der Waals surface area contributed by atoms with Crippen LogP contribution in [0.1, 0.15) is 43.1 Å². The first-order valence-electron chi connectivity index (χ1n) is 7.12. The second kappa shape index (κ2) is 6.46. The number of pyridine rings is 1. The molecule has 0 radical (unpaired) electrons. The molecule has 2 rings (SSSR count). The van der Waals surface area contributed by atoms with E-state index in [-0.39, 0.29) is 0 Å². The molecule has 2 aromatic rings. The Kier molecular flexibility index (Phi) is 4.66. The van der Waals surface area contributed by atoms with E-state index in [9.17, 15) is 4.79 Å². The van der Waals surface area contributed by atoms with Crippen molar-refractivity contribution in [1.29, 1.82) is 0 Å². The van der Waals surface area contributed by atoms with Gasteiger partial charge in [-0.2, -0.15) is 5.10 Å². The lowest BCUT2D eigenvalue weighted by molar-refractivity contribution is 0.112. The van der Waals surface area contributed by atoms with Gasteiger partial charge in [0.15, 0.2) is 6.29 Å². The van der Waals surface area contributed by atoms with Crippen LogP contribution in [-0.4, -0.2) is 21.1 Å². The minimum Gasteiger partial charge on any atom is -0.298 e. The fourth-order valence-corrected chi connectivity index (χ4v) is 2.15. The van der Waals surface area contributed by atoms with Crippen molar-refractivity contribution in [1.82, 2.24) is 14.8 Å². The molecule has 0 saturated carbocycles. The van der Waals surface area contributed by atoms with E-state index < -0.39 is 0 Å². The Hall–Kier alpha value is -1.97. The number of aryl methyl sites for hydroxylation is 2. The summed E-state index contributed by atoms with van der Waals surface area (Å²) < 4.78 is 1.85. The average molecular weight is 271 g/mol. The molecule has 0 aliphatic rings. The molecule has 0 bridgehead atoms. The Morgan fingerprint density at radius 3 is 2.80 bits per heavy atom. The van der Waals surface area contributed by atoms with Crippen LogP contribution in [-0.2, 0) is 13.0 Å². The van der Waals surface area contributed by atoms with E-state index >= 15 is 0 Å². The summed E-state index contributed by atoms with van der Waals surface area (Å²) in [7, 11) is 0. The number of nitrogens with zero attached hydrogens (tertiary/aromatic N) is 3. The fourth-order valence-electron chi connectivity index (χ4n) is 2.15. The minimum absolute atomic E-state index is 0.613. The molecule has 0 N–H and O–H groups in total. The first kappa shape index (κ1) is 14.4. The highest BCUT2D eigenvalue weighted by atomic mass is 16.1. The Labute approximate surface area is 119 Å². The molecular weight excluding hydrogens is 250 g/mol. The molecule has 0 aromatic carbocycles. The van der Waals surface area contributed by atoms with Crippen LogP contribution in [0.2, 0.25) is 0 Å². The normalized spacial score (nSPS) is 11.0. The van der Waals surface area contributed by atoms with Gasteiger partial charge in [0, 0.05) is 18.9 Å². The predicted octanol–water partition coefficient (Wildman–Crippen LogP) is 3.37. The standard InChI is InChI=1S/C16H21N3O/c1-4-13-6-5-8-17-15(13)16-14(11-20)10-19(18-16)9-7-12(2)3/h5-6,8,10-12H,4,7,9H2,1-3H3. The largest absolute Gasteiger partial charge is 0.298 e. The molecule has 0 unspecified atom stereocenters. The number of carbonyl (C=O) groups excluding carboxylic acids is 1. The van der Waals surface area contributed by atoms with Crippen molar-refractivity contribution < 1.29 is 4.79 Å². The Bertz CT molecular complexity index is 587. The van der Waals surface area contributed by atoms with Crippen LogP contribution in [0.3, 0.4) is 0 Å². The van der Waals surface area contributed by atoms with Crippen molar-refractivity contribution >= 4 is 6.29 Å². The molecule has 0 aliphatic heterocycles. The second-order valence-corrected chi connectivity index (χ2v) is 5.36. The molecule has 0 spiro atoms. The fraction of sp³-hybridized carbons (Fsp3) is 0.438. The van der Waals surface area contributed by atoms with Crippen LogP contribution < -0.4 is 0 Å². The summed E-state index contributed by atoms with van der Waals surface area (Å²) in [4.78, 5) is 15.7. The van der Waals surface area contributed by atoms with Gasteiger partial charge in [0.05, 0.1) is 11.3 Å². The molecule has 4 heteroatoms. The van der Waals surface area contributed by atoms with Crippen molar-refractivity contribution in [2.75, 3.05) is 0 Å². The Morgan fingerprint density at radius 2 is 2.15 bits per heavy atom. The van der Waals surface area contributed by atoms with Crippen LogP contribution in [0.4, 0.5) is 0 Å². The summed E-state index contributed by atoms with van der Waals surface area (Å²) in [6.07, 6.45) is 6.35. The topological polar surface area (TPSA) is 47.8 Å². The first-order chi connectivity index (χ1) is 9.65. The molecule has 20 heavy (non-hydrogen) atoms. The van der Waals surface area contributed by atoms with Gasteiger partial charge in [0.25, 0.3) is 0 Å². The van der Waals surface area contributed by atoms with Gasteiger partial charge in [-0.05, 0) is 30.4 Å². The quantitative estimate of drug-likeness (QED) is 0.757. The van der Waals surface area contributed by atoms with E-state index in [2.05, 4.69) is 30.9 Å². The summed E-state index contributed by atoms with van der Waals surface area (Å²) in [5, 5.41) is 4.55. The van der Waals surface area contributed by atoms with Gasteiger partial charge in [-0.3, -0.25) is 14.5 Å². The summed E-state index contributed by atoms with van der Waals surface area (Å²) in [5.74, 6) is 0.614. The van der Waals surface area contributed by atoms with Crippen molar-refractivity contribution in [3.05, 3.63) is 35.7 Å². The molecule has 2 aromatic heterocycles. The predicted molar refractivity (Wildman–Crippen MR) is 79.7 cm³/mol. The molecule has 2 heterocycles. The van der Waals surface area contributed by atoms with E-state index in [4.69, 9.17) is 0 Å². The molecule has 0 aliphatic carbocycles. The third kappa shape index (κ3) is 3.13. The van der Waals surface area contributed by atoms with Crippen molar-refractivity contribution in [3.8, 4) is 11.4 Å². The highest BCUT2D eigenvalue weighted by Gasteiger charge is 2.14. The molecule has 0 amide bonds. The zero-order valence-corrected chi connectivity index (χ0v) is 12.3. The monoisotopic (exact) mass is 271 g/mol. The number of aldehydes is 1. The average Bonchev–Trinajstić information content (AvgIpc) is 2.88. The molecule has 4 nitrogen and oxygen atoms in total. The number of hydrogen-bond donors (Lipinski definition) is 0. The van der Waals surface area contributed by atoms with E-state index in [1.54, 1.807) is 6.20 Å². The van der Waals surface area contributed by atoms with Gasteiger partial charge in [-0.25, -0.2) is 0 Å². The summed E-state index contributed by atoms with van der Waals surface area (Å²) >= 11 is 0. The first-order valence-corrected chi connectivity index (χ1v) is 7.12. The molecule has 106 valence electrons. The summed E-state index contributed by atoms with van der Waals surface area (Å²) in [5.41, 5.74) is 3.24. The maximum absolute atomic E-state index is 11.3. The van der Waals surface area contributed by atoms with Crippen LogP contribution >= 0.6 is 0 Å². The molecule has 0 saturated heterocycles. The third-order valence-electron chi connectivity index (χ3n) is 3.35. The Balaban J connectivity index is 2.37. The number of hydrogen-bond acceptors (Lipinski definition) is 3. The van der Waals surface area contributed by atoms with Crippen LogP contribution in [0.15, 0.2) is 24.5 Å². The summed E-state index contributed by atoms with van der Waals surface area (Å²) in [6, 6.07) is 3.95. The molecule has 0 atom stereocenters. The van der Waals surface area contributed by atoms with Crippen molar-refractivity contribution in [2.24, 2.45) is 5.92 Å². The van der Waals surface area contributed by atoms with Gasteiger partial charge in [-0.1, -0.05) is 26.8 Å². The summed E-state index contributed by atoms with van der Waals surface area (Å²) in [6.45, 7) is 7.27. The zero-order chi connectivity index (χ0) is 14.5. The molecule has 0 fully saturated rings. The highest BCUT2D eigenvalue weighted by Crippen LogP contribution is 2.23. The number of aromatic nitrogens is 3. The zero-order valence-electron chi connectivity index (χ0n) is 12.3. The van der Waals surface area contributed by atoms with Gasteiger partial charge >= 0.3 is 0 Å². The SMILES string of the molecule is CCc1cccnc1-c1nn(CCC(C)C)cc1C=O. The third-order valence-corrected chi connectivity index (χ3v) is 3.35. The van der Waals surface area contributed by atoms with Crippen molar-refractivity contribution in [3.63, 3.8) is 0 Å². The Morgan fingerprint density at radius 1 is 1.35 bits per heavy atom. The highest BCUT2D eigenvalue weighted by molar-refractivity contribution is 5.85. The van der Waals surface area contributed by atoms with E-state index in [1.165, 1.54) is 0 Å². The maximum atomic E-state index is 11.3. The van der Waals surface area contributed by atoms with Crippen molar-refractivity contribution in [2.45, 2.75) is 40.2 Å². The number of rotatable bonds is 6. The van der Waals surface area contributed by atoms with E-state index in [1.807, 2.05) is 23.0 Å². The lowest BCUT2D eigenvalue weighted by atomic mass is 10.1. The van der Waals surface area contributed by atoms with Crippen LogP contribution in [0.5, 0.6) is 0 Å². The van der Waals surface area contributed by atoms with Gasteiger partial charge in [0.2, 0.25) is 0 Å². The van der Waals surface area contributed by atoms with Crippen LogP contribution in [0, 0.1) is 5.92 Å². The van der Waals surface area contributed by atoms with Crippen LogP contribution in [0.25, 0.3) is 11.4 Å². The van der Waals surface area contributed by atoms with E-state index in [0.29, 0.717) is 17.2 Å². The molecular formula is C16H21N3O. The minimum atomic E-state index is 0.613. The smallest absolute Gasteiger partial charge is 0.153 e. The van der Waals surface area contributed by atoms with Gasteiger partial charge in [-0.15, -0.1) is 0 Å². The van der Waals surface area contributed by atoms with Gasteiger partial charge in [0.1, 0.15) is 5.69 Å². The lowest BCUT2D eigenvalue weighted by Crippen LogP contribution is -2.02. The maximum Gasteiger partial charge on any atom is 0.153 e. The van der Waals surface area contributed by atoms with E-state index in [0.717, 1.165) is 36.9 Å². The number of carbonyl (C=O) groups is 1. The lowest BCUT2D eigenvalue weighted by Gasteiger charge is -2.05. The van der Waals surface area contributed by atoms with Gasteiger partial charge < -0.3 is 0 Å².